The Morgan fingerprint density at radius 2 is 2.05 bits per heavy atom. The highest BCUT2D eigenvalue weighted by atomic mass is 32.2. The summed E-state index contributed by atoms with van der Waals surface area (Å²) < 4.78 is 28.2. The SMILES string of the molecule is CCCOc1nc(NC)nc(NC2CCS(=O)(=O)C2)n1. The summed E-state index contributed by atoms with van der Waals surface area (Å²) in [6.07, 6.45) is 1.41. The zero-order valence-corrected chi connectivity index (χ0v) is 12.4. The monoisotopic (exact) mass is 301 g/mol. The van der Waals surface area contributed by atoms with E-state index in [1.165, 1.54) is 0 Å². The number of hydrogen-bond donors (Lipinski definition) is 2. The fourth-order valence-electron chi connectivity index (χ4n) is 1.88. The average Bonchev–Trinajstić information content (AvgIpc) is 2.75. The summed E-state index contributed by atoms with van der Waals surface area (Å²) in [5, 5.41) is 5.85. The summed E-state index contributed by atoms with van der Waals surface area (Å²) in [5.41, 5.74) is 0. The Morgan fingerprint density at radius 1 is 1.30 bits per heavy atom. The van der Waals surface area contributed by atoms with Crippen LogP contribution in [0.2, 0.25) is 0 Å². The van der Waals surface area contributed by atoms with Crippen molar-refractivity contribution in [2.45, 2.75) is 25.8 Å². The Kier molecular flexibility index (Phi) is 4.58. The second-order valence-corrected chi connectivity index (χ2v) is 6.84. The maximum absolute atomic E-state index is 11.4. The first-order chi connectivity index (χ1) is 9.52. The van der Waals surface area contributed by atoms with Crippen molar-refractivity contribution in [1.29, 1.82) is 0 Å². The molecule has 9 heteroatoms. The van der Waals surface area contributed by atoms with Gasteiger partial charge in [0.15, 0.2) is 9.84 Å². The van der Waals surface area contributed by atoms with Gasteiger partial charge in [-0.1, -0.05) is 6.92 Å². The van der Waals surface area contributed by atoms with E-state index in [-0.39, 0.29) is 23.6 Å². The van der Waals surface area contributed by atoms with Crippen molar-refractivity contribution in [3.05, 3.63) is 0 Å². The molecule has 0 amide bonds. The summed E-state index contributed by atoms with van der Waals surface area (Å²) in [6.45, 7) is 2.51. The van der Waals surface area contributed by atoms with E-state index >= 15 is 0 Å². The molecule has 1 atom stereocenters. The molecule has 0 bridgehead atoms. The molecular weight excluding hydrogens is 282 g/mol. The predicted molar refractivity (Wildman–Crippen MR) is 75.8 cm³/mol. The van der Waals surface area contributed by atoms with E-state index in [9.17, 15) is 8.42 Å². The van der Waals surface area contributed by atoms with Gasteiger partial charge in [0, 0.05) is 13.1 Å². The van der Waals surface area contributed by atoms with Gasteiger partial charge in [0.25, 0.3) is 0 Å². The lowest BCUT2D eigenvalue weighted by Gasteiger charge is -2.12. The zero-order chi connectivity index (χ0) is 14.6. The van der Waals surface area contributed by atoms with E-state index in [0.717, 1.165) is 6.42 Å². The van der Waals surface area contributed by atoms with Gasteiger partial charge in [-0.2, -0.15) is 15.0 Å². The van der Waals surface area contributed by atoms with Crippen molar-refractivity contribution in [3.63, 3.8) is 0 Å². The van der Waals surface area contributed by atoms with Gasteiger partial charge in [0.05, 0.1) is 18.1 Å². The number of sulfone groups is 1. The number of nitrogens with zero attached hydrogens (tertiary/aromatic N) is 3. The van der Waals surface area contributed by atoms with Crippen LogP contribution in [-0.2, 0) is 9.84 Å². The fourth-order valence-corrected chi connectivity index (χ4v) is 3.56. The molecule has 2 heterocycles. The number of rotatable bonds is 6. The van der Waals surface area contributed by atoms with Gasteiger partial charge in [-0.3, -0.25) is 0 Å². The van der Waals surface area contributed by atoms with Gasteiger partial charge in [-0.05, 0) is 12.8 Å². The number of anilines is 2. The van der Waals surface area contributed by atoms with Gasteiger partial charge in [-0.25, -0.2) is 8.42 Å². The van der Waals surface area contributed by atoms with Gasteiger partial charge in [0.1, 0.15) is 0 Å². The quantitative estimate of drug-likeness (QED) is 0.773. The molecule has 20 heavy (non-hydrogen) atoms. The van der Waals surface area contributed by atoms with Crippen LogP contribution < -0.4 is 15.4 Å². The number of aromatic nitrogens is 3. The topological polar surface area (TPSA) is 106 Å². The first-order valence-corrected chi connectivity index (χ1v) is 8.38. The maximum atomic E-state index is 11.4. The average molecular weight is 301 g/mol. The molecular formula is C11H19N5O3S. The largest absolute Gasteiger partial charge is 0.463 e. The van der Waals surface area contributed by atoms with Crippen molar-refractivity contribution in [2.75, 3.05) is 35.8 Å². The third kappa shape index (κ3) is 3.92. The second-order valence-electron chi connectivity index (χ2n) is 4.61. The minimum atomic E-state index is -2.94. The van der Waals surface area contributed by atoms with Crippen molar-refractivity contribution in [1.82, 2.24) is 15.0 Å². The van der Waals surface area contributed by atoms with E-state index < -0.39 is 9.84 Å². The van der Waals surface area contributed by atoms with Gasteiger partial charge in [0.2, 0.25) is 11.9 Å². The van der Waals surface area contributed by atoms with Gasteiger partial charge >= 0.3 is 6.01 Å². The lowest BCUT2D eigenvalue weighted by atomic mass is 10.3. The third-order valence-electron chi connectivity index (χ3n) is 2.84. The van der Waals surface area contributed by atoms with Crippen LogP contribution >= 0.6 is 0 Å². The molecule has 1 aliphatic rings. The van der Waals surface area contributed by atoms with Crippen LogP contribution in [-0.4, -0.2) is 54.6 Å². The predicted octanol–water partition coefficient (Wildman–Crippen LogP) is 0.301. The van der Waals surface area contributed by atoms with E-state index in [1.807, 2.05) is 6.92 Å². The van der Waals surface area contributed by atoms with Crippen molar-refractivity contribution < 1.29 is 13.2 Å². The molecule has 1 fully saturated rings. The van der Waals surface area contributed by atoms with E-state index in [2.05, 4.69) is 25.6 Å². The maximum Gasteiger partial charge on any atom is 0.323 e. The zero-order valence-electron chi connectivity index (χ0n) is 11.6. The van der Waals surface area contributed by atoms with Crippen molar-refractivity contribution in [3.8, 4) is 6.01 Å². The summed E-state index contributed by atoms with van der Waals surface area (Å²) in [4.78, 5) is 12.4. The normalized spacial score (nSPS) is 20.6. The van der Waals surface area contributed by atoms with Crippen LogP contribution in [0.5, 0.6) is 6.01 Å². The molecule has 1 aromatic rings. The first kappa shape index (κ1) is 14.8. The van der Waals surface area contributed by atoms with Gasteiger partial charge in [-0.15, -0.1) is 0 Å². The summed E-state index contributed by atoms with van der Waals surface area (Å²) in [7, 11) is -1.24. The van der Waals surface area contributed by atoms with E-state index in [0.29, 0.717) is 24.9 Å². The van der Waals surface area contributed by atoms with Crippen LogP contribution in [0.4, 0.5) is 11.9 Å². The van der Waals surface area contributed by atoms with Crippen LogP contribution in [0.1, 0.15) is 19.8 Å². The highest BCUT2D eigenvalue weighted by molar-refractivity contribution is 7.91. The van der Waals surface area contributed by atoms with E-state index in [4.69, 9.17) is 4.74 Å². The van der Waals surface area contributed by atoms with Crippen molar-refractivity contribution in [2.24, 2.45) is 0 Å². The number of hydrogen-bond acceptors (Lipinski definition) is 8. The lowest BCUT2D eigenvalue weighted by molar-refractivity contribution is 0.292. The van der Waals surface area contributed by atoms with Crippen LogP contribution in [0.25, 0.3) is 0 Å². The molecule has 0 radical (unpaired) electrons. The van der Waals surface area contributed by atoms with Crippen LogP contribution in [0.3, 0.4) is 0 Å². The van der Waals surface area contributed by atoms with E-state index in [1.54, 1.807) is 7.05 Å². The molecule has 0 saturated carbocycles. The smallest absolute Gasteiger partial charge is 0.323 e. The molecule has 1 aromatic heterocycles. The van der Waals surface area contributed by atoms with Crippen LogP contribution in [0.15, 0.2) is 0 Å². The number of nitrogens with one attached hydrogen (secondary N) is 2. The first-order valence-electron chi connectivity index (χ1n) is 6.56. The Morgan fingerprint density at radius 3 is 2.65 bits per heavy atom. The Hall–Kier alpha value is -1.64. The molecule has 1 aliphatic heterocycles. The highest BCUT2D eigenvalue weighted by Crippen LogP contribution is 2.17. The Bertz CT molecular complexity index is 563. The standard InChI is InChI=1S/C11H19N5O3S/c1-3-5-19-11-15-9(12-2)14-10(16-11)13-8-4-6-20(17,18)7-8/h8H,3-7H2,1-2H3,(H2,12,13,14,15,16). The van der Waals surface area contributed by atoms with Crippen molar-refractivity contribution >= 4 is 21.7 Å². The molecule has 0 aromatic carbocycles. The van der Waals surface area contributed by atoms with Crippen LogP contribution in [0, 0.1) is 0 Å². The molecule has 1 unspecified atom stereocenters. The molecule has 0 aliphatic carbocycles. The Labute approximate surface area is 118 Å². The second kappa shape index (κ2) is 6.21. The summed E-state index contributed by atoms with van der Waals surface area (Å²) in [6, 6.07) is 0.0701. The molecule has 2 rings (SSSR count). The molecule has 8 nitrogen and oxygen atoms in total. The molecule has 2 N–H and O–H groups in total. The van der Waals surface area contributed by atoms with Gasteiger partial charge < -0.3 is 15.4 Å². The summed E-state index contributed by atoms with van der Waals surface area (Å²) in [5.74, 6) is 1.03. The number of ether oxygens (including phenoxy) is 1. The molecule has 112 valence electrons. The minimum absolute atomic E-state index is 0.110. The minimum Gasteiger partial charge on any atom is -0.463 e. The molecule has 1 saturated heterocycles. The highest BCUT2D eigenvalue weighted by Gasteiger charge is 2.28. The lowest BCUT2D eigenvalue weighted by Crippen LogP contribution is -2.22. The molecule has 0 spiro atoms. The summed E-state index contributed by atoms with van der Waals surface area (Å²) >= 11 is 0. The fraction of sp³-hybridized carbons (Fsp3) is 0.727. The third-order valence-corrected chi connectivity index (χ3v) is 4.61. The Balaban J connectivity index is 2.10.